The number of hydrogen-bond acceptors (Lipinski definition) is 8. The van der Waals surface area contributed by atoms with Crippen LogP contribution >= 0.6 is 0 Å². The Kier molecular flexibility index (Phi) is 7.69. The van der Waals surface area contributed by atoms with E-state index in [2.05, 4.69) is 37.7 Å². The fourth-order valence-corrected chi connectivity index (χ4v) is 5.42. The van der Waals surface area contributed by atoms with Crippen LogP contribution in [-0.2, 0) is 12.7 Å². The smallest absolute Gasteiger partial charge is 0.351 e. The first kappa shape index (κ1) is 28.9. The van der Waals surface area contributed by atoms with E-state index >= 15 is 0 Å². The van der Waals surface area contributed by atoms with Crippen LogP contribution < -0.4 is 20.9 Å². The Bertz CT molecular complexity index is 1550. The average Bonchev–Trinajstić information content (AvgIpc) is 3.82. The van der Waals surface area contributed by atoms with Gasteiger partial charge in [-0.2, -0.15) is 18.2 Å². The van der Waals surface area contributed by atoms with Crippen molar-refractivity contribution < 1.29 is 22.8 Å². The van der Waals surface area contributed by atoms with Crippen molar-refractivity contribution in [2.45, 2.75) is 38.5 Å². The quantitative estimate of drug-likeness (QED) is 0.359. The minimum Gasteiger partial charge on any atom is -0.351 e. The molecule has 3 heterocycles. The van der Waals surface area contributed by atoms with E-state index in [4.69, 9.17) is 0 Å². The van der Waals surface area contributed by atoms with Gasteiger partial charge in [-0.3, -0.25) is 14.5 Å². The van der Waals surface area contributed by atoms with Crippen LogP contribution in [0.4, 0.5) is 42.0 Å². The lowest BCUT2D eigenvalue weighted by molar-refractivity contribution is -0.138. The highest BCUT2D eigenvalue weighted by Crippen LogP contribution is 2.38. The summed E-state index contributed by atoms with van der Waals surface area (Å²) in [6.07, 6.45) is -0.954. The molecule has 1 saturated heterocycles. The lowest BCUT2D eigenvalue weighted by Crippen LogP contribution is -2.45. The number of halogens is 3. The van der Waals surface area contributed by atoms with Gasteiger partial charge in [0.15, 0.2) is 5.82 Å². The molecule has 2 amide bonds. The van der Waals surface area contributed by atoms with Crippen LogP contribution in [0.5, 0.6) is 0 Å². The topological polar surface area (TPSA) is 106 Å². The van der Waals surface area contributed by atoms with Gasteiger partial charge in [0.1, 0.15) is 5.69 Å². The molecule has 43 heavy (non-hydrogen) atoms. The maximum Gasteiger partial charge on any atom is 0.416 e. The highest BCUT2D eigenvalue weighted by molar-refractivity contribution is 6.13. The molecule has 0 bridgehead atoms. The Labute approximate surface area is 247 Å². The highest BCUT2D eigenvalue weighted by Gasteiger charge is 2.35. The normalized spacial score (nSPS) is 17.5. The number of nitrogens with one attached hydrogen (secondary N) is 3. The van der Waals surface area contributed by atoms with Crippen molar-refractivity contribution in [3.8, 4) is 0 Å². The van der Waals surface area contributed by atoms with Crippen molar-refractivity contribution in [1.29, 1.82) is 0 Å². The van der Waals surface area contributed by atoms with E-state index in [1.54, 1.807) is 30.3 Å². The van der Waals surface area contributed by atoms with Crippen molar-refractivity contribution in [2.75, 3.05) is 60.6 Å². The molecule has 13 heteroatoms. The second-order valence-electron chi connectivity index (χ2n) is 11.1. The molecule has 2 fully saturated rings. The molecule has 1 aliphatic carbocycles. The SMILES string of the molecule is CCN1CCN(Cc2ccc(C(=O)Nc3ccc4c(c3)C(=O)Nc3cnc(NC5CC5)nc3N4C)cc2C(F)(F)F)CC1. The van der Waals surface area contributed by atoms with Crippen molar-refractivity contribution in [2.24, 2.45) is 0 Å². The summed E-state index contributed by atoms with van der Waals surface area (Å²) >= 11 is 0. The zero-order chi connectivity index (χ0) is 30.3. The average molecular weight is 595 g/mol. The fourth-order valence-electron chi connectivity index (χ4n) is 5.42. The third-order valence-electron chi connectivity index (χ3n) is 8.09. The number of carbonyl (C=O) groups is 2. The molecular formula is C30H33F3N8O2. The number of alkyl halides is 3. The molecule has 2 aromatic carbocycles. The standard InChI is InChI=1S/C30H33F3N8O2/c1-3-40-10-12-41(13-11-40)17-19-5-4-18(14-23(19)30(31,32)33)27(42)35-21-8-9-25-22(15-21)28(43)37-24-16-34-29(36-20-6-7-20)38-26(24)39(25)2/h4-5,8-9,14-16,20H,3,6-7,10-13,17H2,1-2H3,(H,35,42)(H,37,43)(H,34,36,38). The van der Waals surface area contributed by atoms with Gasteiger partial charge in [0, 0.05) is 57.1 Å². The molecule has 0 radical (unpaired) electrons. The van der Waals surface area contributed by atoms with Crippen LogP contribution in [0.15, 0.2) is 42.6 Å². The summed E-state index contributed by atoms with van der Waals surface area (Å²) in [5.41, 5.74) is 0.710. The first-order valence-electron chi connectivity index (χ1n) is 14.4. The number of nitrogens with zero attached hydrogens (tertiary/aromatic N) is 5. The number of rotatable bonds is 7. The van der Waals surface area contributed by atoms with E-state index in [9.17, 15) is 22.8 Å². The number of benzene rings is 2. The molecule has 3 aromatic rings. The van der Waals surface area contributed by atoms with Crippen LogP contribution in [-0.4, -0.2) is 77.4 Å². The molecular weight excluding hydrogens is 561 g/mol. The zero-order valence-corrected chi connectivity index (χ0v) is 24.0. The molecule has 1 saturated carbocycles. The van der Waals surface area contributed by atoms with Gasteiger partial charge in [-0.05, 0) is 55.3 Å². The van der Waals surface area contributed by atoms with Crippen LogP contribution in [0.25, 0.3) is 0 Å². The minimum atomic E-state index is -4.62. The van der Waals surface area contributed by atoms with E-state index in [1.807, 2.05) is 4.90 Å². The van der Waals surface area contributed by atoms with E-state index in [0.717, 1.165) is 38.5 Å². The molecule has 3 aliphatic rings. The van der Waals surface area contributed by atoms with Crippen molar-refractivity contribution in [1.82, 2.24) is 19.8 Å². The lowest BCUT2D eigenvalue weighted by atomic mass is 10.0. The van der Waals surface area contributed by atoms with E-state index in [1.165, 1.54) is 18.2 Å². The maximum absolute atomic E-state index is 14.1. The molecule has 2 aliphatic heterocycles. The van der Waals surface area contributed by atoms with Gasteiger partial charge in [0.2, 0.25) is 5.95 Å². The highest BCUT2D eigenvalue weighted by atomic mass is 19.4. The van der Waals surface area contributed by atoms with E-state index in [0.29, 0.717) is 42.3 Å². The predicted octanol–water partition coefficient (Wildman–Crippen LogP) is 4.79. The number of carbonyl (C=O) groups excluding carboxylic acids is 2. The number of amides is 2. The van der Waals surface area contributed by atoms with E-state index < -0.39 is 23.6 Å². The second kappa shape index (κ2) is 11.5. The Morgan fingerprint density at radius 3 is 2.51 bits per heavy atom. The monoisotopic (exact) mass is 594 g/mol. The first-order chi connectivity index (χ1) is 20.6. The van der Waals surface area contributed by atoms with Crippen molar-refractivity contribution in [3.63, 3.8) is 0 Å². The third-order valence-corrected chi connectivity index (χ3v) is 8.09. The van der Waals surface area contributed by atoms with Gasteiger partial charge in [-0.1, -0.05) is 13.0 Å². The molecule has 6 rings (SSSR count). The Morgan fingerprint density at radius 2 is 1.81 bits per heavy atom. The molecule has 10 nitrogen and oxygen atoms in total. The molecule has 3 N–H and O–H groups in total. The summed E-state index contributed by atoms with van der Waals surface area (Å²) in [5.74, 6) is -0.153. The maximum atomic E-state index is 14.1. The van der Waals surface area contributed by atoms with Crippen molar-refractivity contribution in [3.05, 3.63) is 64.8 Å². The minimum absolute atomic E-state index is 0.123. The number of fused-ring (bicyclic) bond motifs is 2. The van der Waals surface area contributed by atoms with Gasteiger partial charge in [-0.15, -0.1) is 0 Å². The summed E-state index contributed by atoms with van der Waals surface area (Å²) in [7, 11) is 1.77. The zero-order valence-electron chi connectivity index (χ0n) is 24.0. The van der Waals surface area contributed by atoms with Crippen LogP contribution in [0.2, 0.25) is 0 Å². The Balaban J connectivity index is 1.20. The molecule has 0 atom stereocenters. The summed E-state index contributed by atoms with van der Waals surface area (Å²) in [6.45, 7) is 6.13. The fraction of sp³-hybridized carbons (Fsp3) is 0.400. The molecule has 1 aromatic heterocycles. The van der Waals surface area contributed by atoms with Gasteiger partial charge in [-0.25, -0.2) is 4.98 Å². The largest absolute Gasteiger partial charge is 0.416 e. The van der Waals surface area contributed by atoms with Gasteiger partial charge in [0.05, 0.1) is 23.0 Å². The summed E-state index contributed by atoms with van der Waals surface area (Å²) in [6, 6.07) is 8.81. The van der Waals surface area contributed by atoms with Crippen molar-refractivity contribution >= 4 is 40.6 Å². The lowest BCUT2D eigenvalue weighted by Gasteiger charge is -2.34. The van der Waals surface area contributed by atoms with Gasteiger partial charge >= 0.3 is 6.18 Å². The Hall–Kier alpha value is -4.23. The summed E-state index contributed by atoms with van der Waals surface area (Å²) in [5, 5.41) is 8.71. The Morgan fingerprint density at radius 1 is 1.07 bits per heavy atom. The van der Waals surface area contributed by atoms with Gasteiger partial charge in [0.25, 0.3) is 11.8 Å². The number of likely N-dealkylation sites (N-methyl/N-ethyl adjacent to an activating group) is 1. The van der Waals surface area contributed by atoms with Crippen LogP contribution in [0.3, 0.4) is 0 Å². The van der Waals surface area contributed by atoms with Crippen LogP contribution in [0, 0.1) is 0 Å². The molecule has 0 spiro atoms. The molecule has 0 unspecified atom stereocenters. The third kappa shape index (κ3) is 6.27. The number of piperazine rings is 1. The summed E-state index contributed by atoms with van der Waals surface area (Å²) in [4.78, 5) is 41.2. The second-order valence-corrected chi connectivity index (χ2v) is 11.1. The first-order valence-corrected chi connectivity index (χ1v) is 14.4. The number of anilines is 5. The van der Waals surface area contributed by atoms with Gasteiger partial charge < -0.3 is 25.8 Å². The number of aromatic nitrogens is 2. The number of hydrogen-bond donors (Lipinski definition) is 3. The summed E-state index contributed by atoms with van der Waals surface area (Å²) < 4.78 is 42.2. The van der Waals surface area contributed by atoms with E-state index in [-0.39, 0.29) is 28.9 Å². The molecule has 226 valence electrons. The predicted molar refractivity (Wildman–Crippen MR) is 158 cm³/mol. The van der Waals surface area contributed by atoms with Crippen LogP contribution in [0.1, 0.15) is 51.6 Å².